The first-order valence-corrected chi connectivity index (χ1v) is 11.9. The first kappa shape index (κ1) is 22.3. The number of carbonyl (C=O) groups excluding carboxylic acids is 1. The summed E-state index contributed by atoms with van der Waals surface area (Å²) in [6, 6.07) is 5.43. The highest BCUT2D eigenvalue weighted by Gasteiger charge is 2.50. The van der Waals surface area contributed by atoms with Crippen molar-refractivity contribution in [2.24, 2.45) is 5.92 Å². The van der Waals surface area contributed by atoms with Gasteiger partial charge >= 0.3 is 5.97 Å². The molecule has 0 amide bonds. The van der Waals surface area contributed by atoms with E-state index in [4.69, 9.17) is 16.3 Å². The molecule has 3 unspecified atom stereocenters. The number of hydrazine groups is 1. The van der Waals surface area contributed by atoms with E-state index in [2.05, 4.69) is 15.8 Å². The number of benzene rings is 1. The summed E-state index contributed by atoms with van der Waals surface area (Å²) in [5.41, 5.74) is 7.91. The van der Waals surface area contributed by atoms with Crippen molar-refractivity contribution in [1.29, 1.82) is 0 Å². The maximum Gasteiger partial charge on any atom is 0.313 e. The van der Waals surface area contributed by atoms with Crippen molar-refractivity contribution in [3.8, 4) is 0 Å². The number of anilines is 1. The van der Waals surface area contributed by atoms with E-state index in [1.54, 1.807) is 6.92 Å². The number of rotatable bonds is 6. The molecule has 8 nitrogen and oxygen atoms in total. The fourth-order valence-electron chi connectivity index (χ4n) is 3.99. The van der Waals surface area contributed by atoms with Gasteiger partial charge in [0.05, 0.1) is 6.61 Å². The molecule has 3 atom stereocenters. The van der Waals surface area contributed by atoms with Crippen molar-refractivity contribution in [3.63, 3.8) is 0 Å². The second kappa shape index (κ2) is 9.18. The predicted molar refractivity (Wildman–Crippen MR) is 113 cm³/mol. The van der Waals surface area contributed by atoms with Crippen LogP contribution >= 0.6 is 11.6 Å². The molecule has 1 aromatic carbocycles. The number of nitrogens with zero attached hydrogens (tertiary/aromatic N) is 2. The van der Waals surface area contributed by atoms with Gasteiger partial charge in [0, 0.05) is 42.9 Å². The van der Waals surface area contributed by atoms with Crippen LogP contribution in [-0.2, 0) is 19.6 Å². The van der Waals surface area contributed by atoms with E-state index in [1.165, 1.54) is 4.31 Å². The number of nitrogens with one attached hydrogen (secondary N) is 2. The van der Waals surface area contributed by atoms with Gasteiger partial charge in [-0.05, 0) is 38.0 Å². The van der Waals surface area contributed by atoms with Crippen molar-refractivity contribution in [1.82, 2.24) is 15.2 Å². The molecule has 0 aliphatic carbocycles. The quantitative estimate of drug-likeness (QED) is 0.642. The van der Waals surface area contributed by atoms with Gasteiger partial charge in [-0.2, -0.15) is 4.31 Å². The molecule has 2 fully saturated rings. The molecular formula is C19H29ClN4O4S. The van der Waals surface area contributed by atoms with Gasteiger partial charge in [-0.25, -0.2) is 13.8 Å². The lowest BCUT2D eigenvalue weighted by Gasteiger charge is -2.37. The summed E-state index contributed by atoms with van der Waals surface area (Å²) in [6.07, 6.45) is 0.615. The largest absolute Gasteiger partial charge is 0.466 e. The van der Waals surface area contributed by atoms with Crippen LogP contribution in [0.5, 0.6) is 0 Å². The van der Waals surface area contributed by atoms with Gasteiger partial charge < -0.3 is 9.64 Å². The molecule has 2 N–H and O–H groups in total. The third-order valence-corrected chi connectivity index (χ3v) is 7.97. The summed E-state index contributed by atoms with van der Waals surface area (Å²) in [7, 11) is -3.74. The van der Waals surface area contributed by atoms with E-state index in [1.807, 2.05) is 32.0 Å². The number of hydrogen-bond donors (Lipinski definition) is 2. The molecule has 0 aromatic heterocycles. The van der Waals surface area contributed by atoms with Crippen molar-refractivity contribution < 1.29 is 17.9 Å². The molecule has 3 rings (SSSR count). The Morgan fingerprint density at radius 3 is 2.52 bits per heavy atom. The summed E-state index contributed by atoms with van der Waals surface area (Å²) >= 11 is 6.13. The number of ether oxygens (including phenoxy) is 1. The van der Waals surface area contributed by atoms with Gasteiger partial charge in [0.25, 0.3) is 0 Å². The molecule has 2 saturated heterocycles. The number of esters is 1. The van der Waals surface area contributed by atoms with Gasteiger partial charge in [-0.15, -0.1) is 0 Å². The Bertz CT molecular complexity index is 843. The molecular weight excluding hydrogens is 416 g/mol. The minimum absolute atomic E-state index is 0.218. The van der Waals surface area contributed by atoms with Crippen molar-refractivity contribution in [2.45, 2.75) is 38.6 Å². The minimum Gasteiger partial charge on any atom is -0.466 e. The molecule has 2 aliphatic rings. The zero-order valence-corrected chi connectivity index (χ0v) is 18.6. The highest BCUT2D eigenvalue weighted by molar-refractivity contribution is 7.89. The van der Waals surface area contributed by atoms with Gasteiger partial charge in [-0.3, -0.25) is 10.2 Å². The minimum atomic E-state index is -3.74. The fraction of sp³-hybridized carbons (Fsp3) is 0.632. The lowest BCUT2D eigenvalue weighted by Crippen LogP contribution is -2.55. The van der Waals surface area contributed by atoms with Crippen molar-refractivity contribution in [2.75, 3.05) is 37.7 Å². The molecule has 1 aromatic rings. The van der Waals surface area contributed by atoms with Crippen LogP contribution in [0.2, 0.25) is 5.02 Å². The molecule has 10 heteroatoms. The highest BCUT2D eigenvalue weighted by Crippen LogP contribution is 2.29. The third-order valence-electron chi connectivity index (χ3n) is 5.60. The van der Waals surface area contributed by atoms with Crippen LogP contribution in [-0.4, -0.2) is 62.9 Å². The van der Waals surface area contributed by atoms with E-state index in [0.717, 1.165) is 11.3 Å². The van der Waals surface area contributed by atoms with Crippen LogP contribution in [0.4, 0.5) is 5.69 Å². The zero-order chi connectivity index (χ0) is 21.2. The van der Waals surface area contributed by atoms with E-state index in [-0.39, 0.29) is 12.6 Å². The monoisotopic (exact) mass is 444 g/mol. The SMILES string of the molecule is CCOC(=O)C1C(CC)NNC1S(=O)(=O)N1CCN(c2cc(Cl)ccc2C)CC1. The molecule has 0 spiro atoms. The Labute approximate surface area is 177 Å². The Hall–Kier alpha value is -1.39. The summed E-state index contributed by atoms with van der Waals surface area (Å²) in [5, 5.41) is -0.379. The van der Waals surface area contributed by atoms with Crippen molar-refractivity contribution >= 4 is 33.3 Å². The number of carbonyl (C=O) groups is 1. The Morgan fingerprint density at radius 2 is 1.90 bits per heavy atom. The molecule has 29 heavy (non-hydrogen) atoms. The second-order valence-electron chi connectivity index (χ2n) is 7.36. The Morgan fingerprint density at radius 1 is 1.21 bits per heavy atom. The summed E-state index contributed by atoms with van der Waals surface area (Å²) in [4.78, 5) is 14.6. The summed E-state index contributed by atoms with van der Waals surface area (Å²) < 4.78 is 33.2. The smallest absolute Gasteiger partial charge is 0.313 e. The average Bonchev–Trinajstić information content (AvgIpc) is 3.15. The lowest BCUT2D eigenvalue weighted by atomic mass is 10.00. The van der Waals surface area contributed by atoms with E-state index >= 15 is 0 Å². The summed E-state index contributed by atoms with van der Waals surface area (Å²) in [6.45, 7) is 7.66. The number of sulfonamides is 1. The molecule has 2 aliphatic heterocycles. The van der Waals surface area contributed by atoms with Crippen LogP contribution in [0.15, 0.2) is 18.2 Å². The number of piperazine rings is 1. The molecule has 0 radical (unpaired) electrons. The molecule has 2 heterocycles. The topological polar surface area (TPSA) is 91.0 Å². The Kier molecular flexibility index (Phi) is 7.06. The van der Waals surface area contributed by atoms with Gasteiger partial charge in [0.2, 0.25) is 10.0 Å². The van der Waals surface area contributed by atoms with E-state index in [9.17, 15) is 13.2 Å². The van der Waals surface area contributed by atoms with Gasteiger partial charge in [0.15, 0.2) is 5.37 Å². The first-order valence-electron chi connectivity index (χ1n) is 9.97. The number of aryl methyl sites for hydroxylation is 1. The lowest BCUT2D eigenvalue weighted by molar-refractivity contribution is -0.148. The second-order valence-corrected chi connectivity index (χ2v) is 9.85. The highest BCUT2D eigenvalue weighted by atomic mass is 35.5. The third kappa shape index (κ3) is 4.54. The van der Waals surface area contributed by atoms with Crippen LogP contribution in [0, 0.1) is 12.8 Å². The van der Waals surface area contributed by atoms with Crippen LogP contribution in [0.25, 0.3) is 0 Å². The van der Waals surface area contributed by atoms with Gasteiger partial charge in [-0.1, -0.05) is 24.6 Å². The van der Waals surface area contributed by atoms with Gasteiger partial charge in [0.1, 0.15) is 5.92 Å². The zero-order valence-electron chi connectivity index (χ0n) is 17.0. The normalized spacial score (nSPS) is 25.9. The van der Waals surface area contributed by atoms with Crippen LogP contribution in [0.3, 0.4) is 0 Å². The number of halogens is 1. The van der Waals surface area contributed by atoms with Crippen LogP contribution < -0.4 is 15.8 Å². The maximum atomic E-state index is 13.3. The van der Waals surface area contributed by atoms with E-state index < -0.39 is 27.3 Å². The average molecular weight is 445 g/mol. The number of hydrogen-bond acceptors (Lipinski definition) is 7. The maximum absolute atomic E-state index is 13.3. The van der Waals surface area contributed by atoms with Crippen LogP contribution in [0.1, 0.15) is 25.8 Å². The summed E-state index contributed by atoms with van der Waals surface area (Å²) in [5.74, 6) is -1.27. The Balaban J connectivity index is 1.73. The van der Waals surface area contributed by atoms with E-state index in [0.29, 0.717) is 37.6 Å². The molecule has 0 bridgehead atoms. The molecule has 0 saturated carbocycles. The predicted octanol–water partition coefficient (Wildman–Crippen LogP) is 1.49. The fourth-order valence-corrected chi connectivity index (χ4v) is 6.04. The molecule has 162 valence electrons. The van der Waals surface area contributed by atoms with Crippen molar-refractivity contribution in [3.05, 3.63) is 28.8 Å². The standard InChI is InChI=1S/C19H29ClN4O4S/c1-4-15-17(19(25)28-5-2)18(22-21-15)29(26,27)24-10-8-23(9-11-24)16-12-14(20)7-6-13(16)3/h6-7,12,15,17-18,21-22H,4-5,8-11H2,1-3H3. The first-order chi connectivity index (χ1) is 13.8.